The van der Waals surface area contributed by atoms with Crippen LogP contribution in [0.5, 0.6) is 0 Å². The summed E-state index contributed by atoms with van der Waals surface area (Å²) in [5.74, 6) is 1.61. The molecule has 2 rings (SSSR count). The normalized spacial score (nSPS) is 26.7. The average Bonchev–Trinajstić information content (AvgIpc) is 2.71. The fourth-order valence-electron chi connectivity index (χ4n) is 2.78. The SMILES string of the molecule is CC(=O)N1CCC(N2CC(CS)CC2=O)CC1. The number of piperidine rings is 1. The van der Waals surface area contributed by atoms with Gasteiger partial charge in [0.2, 0.25) is 11.8 Å². The smallest absolute Gasteiger partial charge is 0.223 e. The summed E-state index contributed by atoms with van der Waals surface area (Å²) in [6.07, 6.45) is 2.49. The second-order valence-corrected chi connectivity index (χ2v) is 5.40. The van der Waals surface area contributed by atoms with Gasteiger partial charge < -0.3 is 9.80 Å². The van der Waals surface area contributed by atoms with Crippen molar-refractivity contribution in [2.24, 2.45) is 5.92 Å². The fraction of sp³-hybridized carbons (Fsp3) is 0.833. The van der Waals surface area contributed by atoms with Gasteiger partial charge in [-0.3, -0.25) is 9.59 Å². The largest absolute Gasteiger partial charge is 0.343 e. The molecule has 4 nitrogen and oxygen atoms in total. The van der Waals surface area contributed by atoms with E-state index in [1.165, 1.54) is 0 Å². The topological polar surface area (TPSA) is 40.6 Å². The van der Waals surface area contributed by atoms with Gasteiger partial charge in [0.05, 0.1) is 0 Å². The molecule has 0 bridgehead atoms. The summed E-state index contributed by atoms with van der Waals surface area (Å²) in [7, 11) is 0. The maximum absolute atomic E-state index is 11.9. The summed E-state index contributed by atoms with van der Waals surface area (Å²) in [4.78, 5) is 27.0. The third kappa shape index (κ3) is 2.76. The Bertz CT molecular complexity index is 314. The maximum Gasteiger partial charge on any atom is 0.223 e. The highest BCUT2D eigenvalue weighted by Gasteiger charge is 2.35. The first-order valence-corrected chi connectivity index (χ1v) is 6.91. The van der Waals surface area contributed by atoms with Crippen molar-refractivity contribution in [1.29, 1.82) is 0 Å². The third-order valence-electron chi connectivity index (χ3n) is 3.85. The molecule has 96 valence electrons. The molecule has 17 heavy (non-hydrogen) atoms. The van der Waals surface area contributed by atoms with Crippen LogP contribution in [-0.4, -0.2) is 53.0 Å². The lowest BCUT2D eigenvalue weighted by Crippen LogP contribution is -2.46. The van der Waals surface area contributed by atoms with Crippen molar-refractivity contribution >= 4 is 24.4 Å². The molecule has 0 saturated carbocycles. The van der Waals surface area contributed by atoms with Crippen LogP contribution in [-0.2, 0) is 9.59 Å². The van der Waals surface area contributed by atoms with Crippen LogP contribution >= 0.6 is 12.6 Å². The Kier molecular flexibility index (Phi) is 3.97. The third-order valence-corrected chi connectivity index (χ3v) is 4.36. The van der Waals surface area contributed by atoms with Crippen LogP contribution in [0, 0.1) is 5.92 Å². The van der Waals surface area contributed by atoms with Crippen molar-refractivity contribution in [1.82, 2.24) is 9.80 Å². The zero-order valence-electron chi connectivity index (χ0n) is 10.3. The zero-order valence-corrected chi connectivity index (χ0v) is 11.2. The quantitative estimate of drug-likeness (QED) is 0.742. The van der Waals surface area contributed by atoms with Gasteiger partial charge in [0.25, 0.3) is 0 Å². The van der Waals surface area contributed by atoms with Gasteiger partial charge in [0.1, 0.15) is 0 Å². The van der Waals surface area contributed by atoms with Gasteiger partial charge in [0, 0.05) is 39.0 Å². The Hall–Kier alpha value is -0.710. The molecule has 2 aliphatic heterocycles. The summed E-state index contributed by atoms with van der Waals surface area (Å²) in [5, 5.41) is 0. The average molecular weight is 256 g/mol. The molecular formula is C12H20N2O2S. The standard InChI is InChI=1S/C12H20N2O2S/c1-9(15)13-4-2-11(3-5-13)14-7-10(8-17)6-12(14)16/h10-11,17H,2-8H2,1H3. The second-order valence-electron chi connectivity index (χ2n) is 5.04. The van der Waals surface area contributed by atoms with Crippen molar-refractivity contribution < 1.29 is 9.59 Å². The Labute approximate surface area is 108 Å². The first-order valence-electron chi connectivity index (χ1n) is 6.27. The molecule has 0 aromatic rings. The highest BCUT2D eigenvalue weighted by molar-refractivity contribution is 7.80. The number of hydrogen-bond donors (Lipinski definition) is 1. The van der Waals surface area contributed by atoms with E-state index in [-0.39, 0.29) is 11.8 Å². The minimum absolute atomic E-state index is 0.143. The number of nitrogens with zero attached hydrogens (tertiary/aromatic N) is 2. The molecule has 0 spiro atoms. The maximum atomic E-state index is 11.9. The number of carbonyl (C=O) groups excluding carboxylic acids is 2. The first kappa shape index (κ1) is 12.7. The Morgan fingerprint density at radius 3 is 2.53 bits per heavy atom. The molecule has 0 radical (unpaired) electrons. The number of carbonyl (C=O) groups is 2. The number of hydrogen-bond acceptors (Lipinski definition) is 3. The van der Waals surface area contributed by atoms with Gasteiger partial charge >= 0.3 is 0 Å². The lowest BCUT2D eigenvalue weighted by molar-refractivity contribution is -0.133. The number of thiol groups is 1. The second kappa shape index (κ2) is 5.29. The van der Waals surface area contributed by atoms with Gasteiger partial charge in [-0.2, -0.15) is 12.6 Å². The zero-order chi connectivity index (χ0) is 12.4. The molecule has 0 N–H and O–H groups in total. The number of rotatable bonds is 2. The molecule has 1 unspecified atom stereocenters. The minimum atomic E-state index is 0.143. The highest BCUT2D eigenvalue weighted by Crippen LogP contribution is 2.26. The van der Waals surface area contributed by atoms with Crippen LogP contribution in [0.1, 0.15) is 26.2 Å². The van der Waals surface area contributed by atoms with Gasteiger partial charge in [-0.25, -0.2) is 0 Å². The van der Waals surface area contributed by atoms with E-state index in [2.05, 4.69) is 12.6 Å². The van der Waals surface area contributed by atoms with Crippen LogP contribution in [0.2, 0.25) is 0 Å². The lowest BCUT2D eigenvalue weighted by Gasteiger charge is -2.36. The number of amides is 2. The molecule has 1 atom stereocenters. The summed E-state index contributed by atoms with van der Waals surface area (Å²) in [6, 6.07) is 0.336. The Morgan fingerprint density at radius 2 is 2.06 bits per heavy atom. The fourth-order valence-corrected chi connectivity index (χ4v) is 3.02. The molecule has 5 heteroatoms. The van der Waals surface area contributed by atoms with Crippen molar-refractivity contribution in [3.8, 4) is 0 Å². The van der Waals surface area contributed by atoms with Crippen molar-refractivity contribution in [2.45, 2.75) is 32.2 Å². The van der Waals surface area contributed by atoms with Gasteiger partial charge in [-0.1, -0.05) is 0 Å². The first-order chi connectivity index (χ1) is 8.11. The Morgan fingerprint density at radius 1 is 1.41 bits per heavy atom. The minimum Gasteiger partial charge on any atom is -0.343 e. The molecule has 2 amide bonds. The van der Waals surface area contributed by atoms with Crippen LogP contribution in [0.25, 0.3) is 0 Å². The molecule has 0 aromatic carbocycles. The Balaban J connectivity index is 1.89. The summed E-state index contributed by atoms with van der Waals surface area (Å²) in [5.41, 5.74) is 0. The number of likely N-dealkylation sites (tertiary alicyclic amines) is 2. The van der Waals surface area contributed by atoms with E-state index in [1.54, 1.807) is 6.92 Å². The summed E-state index contributed by atoms with van der Waals surface area (Å²) >= 11 is 4.27. The van der Waals surface area contributed by atoms with E-state index in [0.29, 0.717) is 18.4 Å². The van der Waals surface area contributed by atoms with Crippen LogP contribution in [0.4, 0.5) is 0 Å². The highest BCUT2D eigenvalue weighted by atomic mass is 32.1. The van der Waals surface area contributed by atoms with Crippen LogP contribution < -0.4 is 0 Å². The van der Waals surface area contributed by atoms with Crippen LogP contribution in [0.15, 0.2) is 0 Å². The van der Waals surface area contributed by atoms with Gasteiger partial charge in [-0.15, -0.1) is 0 Å². The van der Waals surface area contributed by atoms with Crippen molar-refractivity contribution in [3.63, 3.8) is 0 Å². The van der Waals surface area contributed by atoms with Crippen molar-refractivity contribution in [3.05, 3.63) is 0 Å². The van der Waals surface area contributed by atoms with Gasteiger partial charge in [0.15, 0.2) is 0 Å². The van der Waals surface area contributed by atoms with E-state index >= 15 is 0 Å². The molecule has 2 saturated heterocycles. The van der Waals surface area contributed by atoms with E-state index in [4.69, 9.17) is 0 Å². The van der Waals surface area contributed by atoms with Crippen molar-refractivity contribution in [2.75, 3.05) is 25.4 Å². The van der Waals surface area contributed by atoms with E-state index in [9.17, 15) is 9.59 Å². The van der Waals surface area contributed by atoms with Gasteiger partial charge in [-0.05, 0) is 24.5 Å². The van der Waals surface area contributed by atoms with E-state index in [0.717, 1.165) is 38.2 Å². The lowest BCUT2D eigenvalue weighted by atomic mass is 10.0. The van der Waals surface area contributed by atoms with E-state index < -0.39 is 0 Å². The predicted octanol–water partition coefficient (Wildman–Crippen LogP) is 0.776. The summed E-state index contributed by atoms with van der Waals surface area (Å²) < 4.78 is 0. The predicted molar refractivity (Wildman–Crippen MR) is 68.9 cm³/mol. The molecule has 0 aromatic heterocycles. The van der Waals surface area contributed by atoms with Crippen LogP contribution in [0.3, 0.4) is 0 Å². The summed E-state index contributed by atoms with van der Waals surface area (Å²) in [6.45, 7) is 4.04. The van der Waals surface area contributed by atoms with E-state index in [1.807, 2.05) is 9.80 Å². The monoisotopic (exact) mass is 256 g/mol. The molecule has 0 aliphatic carbocycles. The molecule has 2 fully saturated rings. The molecular weight excluding hydrogens is 236 g/mol. The molecule has 2 aliphatic rings. The molecule has 2 heterocycles.